The lowest BCUT2D eigenvalue weighted by Crippen LogP contribution is -2.20. The third-order valence-electron chi connectivity index (χ3n) is 3.56. The van der Waals surface area contributed by atoms with Crippen molar-refractivity contribution < 1.29 is 4.74 Å². The first-order valence-corrected chi connectivity index (χ1v) is 13.2. The summed E-state index contributed by atoms with van der Waals surface area (Å²) in [5.74, 6) is 0. The van der Waals surface area contributed by atoms with E-state index in [0.29, 0.717) is 13.2 Å². The molecule has 1 aromatic rings. The zero-order valence-corrected chi connectivity index (χ0v) is 17.7. The molecule has 0 N–H and O–H groups in total. The van der Waals surface area contributed by atoms with Crippen LogP contribution in [0.5, 0.6) is 0 Å². The van der Waals surface area contributed by atoms with Gasteiger partial charge in [0.1, 0.15) is 0 Å². The van der Waals surface area contributed by atoms with Crippen LogP contribution in [0, 0.1) is 0 Å². The summed E-state index contributed by atoms with van der Waals surface area (Å²) in [5, 5.41) is 1.01. The fourth-order valence-electron chi connectivity index (χ4n) is 2.41. The predicted molar refractivity (Wildman–Crippen MR) is 109 cm³/mol. The van der Waals surface area contributed by atoms with Crippen LogP contribution < -0.4 is 0 Å². The summed E-state index contributed by atoms with van der Waals surface area (Å²) < 4.78 is 5.71. The normalized spacial score (nSPS) is 13.4. The minimum absolute atomic E-state index is 0.689. The molecule has 0 unspecified atom stereocenters. The Hall–Kier alpha value is -0.643. The standard InChI is InChI=1S/C20H31BrOSi/c1-18(9-8-12-20(15-21)17-23(2,3)4)13-14-22-16-19-10-6-5-7-11-19/h5-7,10-13H,8-9,14-17H2,1-4H3/b18-13+,20-12+. The zero-order valence-electron chi connectivity index (χ0n) is 15.1. The van der Waals surface area contributed by atoms with Gasteiger partial charge in [-0.1, -0.05) is 89.2 Å². The minimum atomic E-state index is -1.01. The first-order chi connectivity index (χ1) is 10.9. The van der Waals surface area contributed by atoms with E-state index in [1.165, 1.54) is 17.2 Å². The van der Waals surface area contributed by atoms with Gasteiger partial charge in [0.15, 0.2) is 0 Å². The Kier molecular flexibility index (Phi) is 9.76. The van der Waals surface area contributed by atoms with E-state index < -0.39 is 8.07 Å². The van der Waals surface area contributed by atoms with Crippen LogP contribution in [0.25, 0.3) is 0 Å². The summed E-state index contributed by atoms with van der Waals surface area (Å²) in [6.07, 6.45) is 6.89. The number of rotatable bonds is 10. The second kappa shape index (κ2) is 11.0. The molecule has 0 saturated carbocycles. The van der Waals surface area contributed by atoms with Crippen molar-refractivity contribution in [1.29, 1.82) is 0 Å². The molecule has 1 rings (SSSR count). The molecule has 23 heavy (non-hydrogen) atoms. The van der Waals surface area contributed by atoms with Gasteiger partial charge in [-0.05, 0) is 31.4 Å². The lowest BCUT2D eigenvalue weighted by molar-refractivity contribution is 0.148. The molecule has 1 aromatic carbocycles. The van der Waals surface area contributed by atoms with Crippen LogP contribution >= 0.6 is 15.9 Å². The van der Waals surface area contributed by atoms with Gasteiger partial charge in [-0.25, -0.2) is 0 Å². The Balaban J connectivity index is 2.28. The Bertz CT molecular complexity index is 500. The van der Waals surface area contributed by atoms with E-state index in [9.17, 15) is 0 Å². The molecule has 128 valence electrons. The van der Waals surface area contributed by atoms with Crippen molar-refractivity contribution in [3.63, 3.8) is 0 Å². The molecule has 0 heterocycles. The van der Waals surface area contributed by atoms with Crippen molar-refractivity contribution in [3.8, 4) is 0 Å². The third kappa shape index (κ3) is 10.7. The quantitative estimate of drug-likeness (QED) is 0.188. The number of allylic oxidation sites excluding steroid dienone is 3. The zero-order chi connectivity index (χ0) is 17.1. The Labute approximate surface area is 152 Å². The molecule has 0 aromatic heterocycles. The van der Waals surface area contributed by atoms with Crippen LogP contribution in [-0.4, -0.2) is 20.0 Å². The highest BCUT2D eigenvalue weighted by Crippen LogP contribution is 2.19. The molecular formula is C20H31BrOSi. The number of halogens is 1. The van der Waals surface area contributed by atoms with E-state index in [4.69, 9.17) is 4.74 Å². The monoisotopic (exact) mass is 394 g/mol. The maximum absolute atomic E-state index is 5.71. The number of alkyl halides is 1. The van der Waals surface area contributed by atoms with Gasteiger partial charge < -0.3 is 4.74 Å². The first kappa shape index (κ1) is 20.4. The molecule has 0 spiro atoms. The number of hydrogen-bond donors (Lipinski definition) is 0. The first-order valence-electron chi connectivity index (χ1n) is 8.42. The van der Waals surface area contributed by atoms with E-state index in [-0.39, 0.29) is 0 Å². The third-order valence-corrected chi connectivity index (χ3v) is 5.80. The van der Waals surface area contributed by atoms with Crippen LogP contribution in [0.4, 0.5) is 0 Å². The summed E-state index contributed by atoms with van der Waals surface area (Å²) in [5.41, 5.74) is 4.21. The van der Waals surface area contributed by atoms with E-state index >= 15 is 0 Å². The van der Waals surface area contributed by atoms with Gasteiger partial charge in [-0.2, -0.15) is 0 Å². The Morgan fingerprint density at radius 1 is 1.13 bits per heavy atom. The fourth-order valence-corrected chi connectivity index (χ4v) is 4.84. The summed E-state index contributed by atoms with van der Waals surface area (Å²) >= 11 is 3.63. The minimum Gasteiger partial charge on any atom is -0.373 e. The molecule has 0 saturated heterocycles. The summed E-state index contributed by atoms with van der Waals surface area (Å²) in [7, 11) is -1.01. The van der Waals surface area contributed by atoms with Crippen molar-refractivity contribution in [2.75, 3.05) is 11.9 Å². The summed E-state index contributed by atoms with van der Waals surface area (Å²) in [4.78, 5) is 0. The molecule has 1 nitrogen and oxygen atoms in total. The molecule has 3 heteroatoms. The van der Waals surface area contributed by atoms with Crippen molar-refractivity contribution in [1.82, 2.24) is 0 Å². The molecule has 0 radical (unpaired) electrons. The maximum Gasteiger partial charge on any atom is 0.0721 e. The Morgan fingerprint density at radius 3 is 2.43 bits per heavy atom. The maximum atomic E-state index is 5.71. The van der Waals surface area contributed by atoms with Crippen molar-refractivity contribution >= 4 is 24.0 Å². The highest BCUT2D eigenvalue weighted by atomic mass is 79.9. The van der Waals surface area contributed by atoms with Crippen LogP contribution in [-0.2, 0) is 11.3 Å². The molecular weight excluding hydrogens is 364 g/mol. The van der Waals surface area contributed by atoms with Crippen LogP contribution in [0.15, 0.2) is 53.6 Å². The molecule has 0 amide bonds. The Morgan fingerprint density at radius 2 is 1.83 bits per heavy atom. The molecule has 0 aliphatic carbocycles. The number of hydrogen-bond acceptors (Lipinski definition) is 1. The molecule has 0 aliphatic heterocycles. The second-order valence-electron chi connectivity index (χ2n) is 7.32. The molecule has 0 bridgehead atoms. The van der Waals surface area contributed by atoms with Gasteiger partial charge in [0.2, 0.25) is 0 Å². The number of benzene rings is 1. The van der Waals surface area contributed by atoms with E-state index in [2.05, 4.69) is 66.8 Å². The predicted octanol–water partition coefficient (Wildman–Crippen LogP) is 6.59. The molecule has 0 aliphatic rings. The topological polar surface area (TPSA) is 9.23 Å². The largest absolute Gasteiger partial charge is 0.373 e. The van der Waals surface area contributed by atoms with Crippen LogP contribution in [0.2, 0.25) is 25.7 Å². The van der Waals surface area contributed by atoms with Crippen molar-refractivity contribution in [2.24, 2.45) is 0 Å². The molecule has 0 atom stereocenters. The van der Waals surface area contributed by atoms with Crippen molar-refractivity contribution in [2.45, 2.75) is 52.1 Å². The molecule has 0 fully saturated rings. The van der Waals surface area contributed by atoms with Crippen LogP contribution in [0.1, 0.15) is 25.3 Å². The average molecular weight is 395 g/mol. The van der Waals surface area contributed by atoms with Crippen molar-refractivity contribution in [3.05, 3.63) is 59.2 Å². The summed E-state index contributed by atoms with van der Waals surface area (Å²) in [6, 6.07) is 11.6. The van der Waals surface area contributed by atoms with E-state index in [0.717, 1.165) is 18.2 Å². The van der Waals surface area contributed by atoms with Gasteiger partial charge in [-0.3, -0.25) is 0 Å². The lowest BCUT2D eigenvalue weighted by Gasteiger charge is -2.17. The highest BCUT2D eigenvalue weighted by molar-refractivity contribution is 9.09. The fraction of sp³-hybridized carbons (Fsp3) is 0.500. The smallest absolute Gasteiger partial charge is 0.0721 e. The highest BCUT2D eigenvalue weighted by Gasteiger charge is 2.14. The van der Waals surface area contributed by atoms with Gasteiger partial charge >= 0.3 is 0 Å². The SMILES string of the molecule is C/C(=C\COCc1ccccc1)CC/C=C(\CBr)C[Si](C)(C)C. The second-order valence-corrected chi connectivity index (χ2v) is 13.4. The number of ether oxygens (including phenoxy) is 1. The van der Waals surface area contributed by atoms with Gasteiger partial charge in [-0.15, -0.1) is 0 Å². The van der Waals surface area contributed by atoms with Gasteiger partial charge in [0, 0.05) is 13.4 Å². The van der Waals surface area contributed by atoms with Crippen LogP contribution in [0.3, 0.4) is 0 Å². The van der Waals surface area contributed by atoms with Gasteiger partial charge in [0.25, 0.3) is 0 Å². The van der Waals surface area contributed by atoms with E-state index in [1.54, 1.807) is 5.57 Å². The summed E-state index contributed by atoms with van der Waals surface area (Å²) in [6.45, 7) is 10.9. The average Bonchev–Trinajstić information content (AvgIpc) is 2.50. The van der Waals surface area contributed by atoms with Gasteiger partial charge in [0.05, 0.1) is 13.2 Å². The lowest BCUT2D eigenvalue weighted by atomic mass is 10.1. The van der Waals surface area contributed by atoms with E-state index in [1.807, 2.05) is 18.2 Å².